The van der Waals surface area contributed by atoms with Crippen LogP contribution in [0, 0.1) is 13.8 Å². The lowest BCUT2D eigenvalue weighted by Crippen LogP contribution is -2.40. The van der Waals surface area contributed by atoms with Gasteiger partial charge in [-0.2, -0.15) is 4.31 Å². The number of carbonyl (C=O) groups is 1. The maximum atomic E-state index is 13.0. The van der Waals surface area contributed by atoms with Gasteiger partial charge in [0.15, 0.2) is 5.82 Å². The third-order valence-electron chi connectivity index (χ3n) is 5.11. The summed E-state index contributed by atoms with van der Waals surface area (Å²) in [4.78, 5) is 14.3. The van der Waals surface area contributed by atoms with E-state index in [9.17, 15) is 13.2 Å². The Bertz CT molecular complexity index is 997. The first-order valence-electron chi connectivity index (χ1n) is 9.58. The highest BCUT2D eigenvalue weighted by Gasteiger charge is 2.26. The van der Waals surface area contributed by atoms with E-state index in [1.807, 2.05) is 4.57 Å². The first-order chi connectivity index (χ1) is 14.2. The molecule has 11 heteroatoms. The maximum absolute atomic E-state index is 13.0. The van der Waals surface area contributed by atoms with E-state index in [2.05, 4.69) is 10.2 Å². The fourth-order valence-corrected chi connectivity index (χ4v) is 4.99. The van der Waals surface area contributed by atoms with Gasteiger partial charge in [0.2, 0.25) is 15.9 Å². The highest BCUT2D eigenvalue weighted by atomic mass is 32.2. The van der Waals surface area contributed by atoms with Gasteiger partial charge >= 0.3 is 0 Å². The van der Waals surface area contributed by atoms with Crippen LogP contribution in [0.1, 0.15) is 17.0 Å². The van der Waals surface area contributed by atoms with Gasteiger partial charge in [0.05, 0.1) is 25.2 Å². The van der Waals surface area contributed by atoms with Gasteiger partial charge in [-0.05, 0) is 37.1 Å². The molecule has 0 fully saturated rings. The number of sulfonamides is 1. The second-order valence-corrected chi connectivity index (χ2v) is 9.21. The molecule has 0 bridgehead atoms. The normalized spacial score (nSPS) is 14.1. The molecule has 1 aromatic heterocycles. The number of ether oxygens (including phenoxy) is 2. The van der Waals surface area contributed by atoms with Crippen LogP contribution in [0.3, 0.4) is 0 Å². The molecule has 30 heavy (non-hydrogen) atoms. The summed E-state index contributed by atoms with van der Waals surface area (Å²) >= 11 is 0. The molecule has 1 aliphatic heterocycles. The van der Waals surface area contributed by atoms with Crippen LogP contribution >= 0.6 is 0 Å². The Morgan fingerprint density at radius 2 is 1.93 bits per heavy atom. The fraction of sp³-hybridized carbons (Fsp3) is 0.526. The highest BCUT2D eigenvalue weighted by Crippen LogP contribution is 2.27. The SMILES string of the molecule is COc1cc(C)c(S(=O)(=O)N(C)CCOCC(=O)N2CCn3cnnc3C2)c(C)c1. The number of hydrogen-bond donors (Lipinski definition) is 0. The molecule has 0 unspecified atom stereocenters. The van der Waals surface area contributed by atoms with Crippen molar-refractivity contribution in [2.45, 2.75) is 31.8 Å². The Kier molecular flexibility index (Phi) is 6.74. The molecule has 2 aromatic rings. The predicted molar refractivity (Wildman–Crippen MR) is 109 cm³/mol. The first-order valence-corrected chi connectivity index (χ1v) is 11.0. The predicted octanol–water partition coefficient (Wildman–Crippen LogP) is 0.583. The number of amides is 1. The first kappa shape index (κ1) is 22.2. The van der Waals surface area contributed by atoms with Crippen molar-refractivity contribution in [3.63, 3.8) is 0 Å². The monoisotopic (exact) mass is 437 g/mol. The van der Waals surface area contributed by atoms with Crippen LogP contribution in [-0.4, -0.2) is 78.8 Å². The van der Waals surface area contributed by atoms with Gasteiger partial charge in [0.25, 0.3) is 0 Å². The molecule has 10 nitrogen and oxygen atoms in total. The van der Waals surface area contributed by atoms with Crippen molar-refractivity contribution in [3.8, 4) is 5.75 Å². The number of methoxy groups -OCH3 is 1. The summed E-state index contributed by atoms with van der Waals surface area (Å²) in [6.07, 6.45) is 1.65. The Morgan fingerprint density at radius 1 is 1.23 bits per heavy atom. The molecule has 164 valence electrons. The average Bonchev–Trinajstić information content (AvgIpc) is 3.17. The molecular weight excluding hydrogens is 410 g/mol. The van der Waals surface area contributed by atoms with Gasteiger partial charge in [-0.25, -0.2) is 8.42 Å². The number of hydrogen-bond acceptors (Lipinski definition) is 7. The second-order valence-electron chi connectivity index (χ2n) is 7.23. The van der Waals surface area contributed by atoms with Crippen LogP contribution in [0.25, 0.3) is 0 Å². The molecule has 0 radical (unpaired) electrons. The minimum atomic E-state index is -3.69. The van der Waals surface area contributed by atoms with Crippen LogP contribution < -0.4 is 4.74 Å². The molecule has 0 N–H and O–H groups in total. The van der Waals surface area contributed by atoms with Crippen molar-refractivity contribution >= 4 is 15.9 Å². The quantitative estimate of drug-likeness (QED) is 0.556. The zero-order valence-corrected chi connectivity index (χ0v) is 18.5. The number of aryl methyl sites for hydroxylation is 2. The summed E-state index contributed by atoms with van der Waals surface area (Å²) in [7, 11) is -0.644. The molecule has 0 spiro atoms. The van der Waals surface area contributed by atoms with E-state index in [1.54, 1.807) is 44.3 Å². The van der Waals surface area contributed by atoms with E-state index in [0.717, 1.165) is 5.82 Å². The Balaban J connectivity index is 1.52. The van der Waals surface area contributed by atoms with Gasteiger partial charge in [-0.3, -0.25) is 4.79 Å². The number of aromatic nitrogens is 3. The van der Waals surface area contributed by atoms with E-state index >= 15 is 0 Å². The van der Waals surface area contributed by atoms with Gasteiger partial charge in [-0.1, -0.05) is 0 Å². The van der Waals surface area contributed by atoms with Gasteiger partial charge in [0, 0.05) is 26.7 Å². The van der Waals surface area contributed by atoms with Crippen LogP contribution in [-0.2, 0) is 32.6 Å². The smallest absolute Gasteiger partial charge is 0.249 e. The van der Waals surface area contributed by atoms with Crippen molar-refractivity contribution < 1.29 is 22.7 Å². The molecular formula is C19H27N5O5S. The van der Waals surface area contributed by atoms with Gasteiger partial charge in [-0.15, -0.1) is 10.2 Å². The number of benzene rings is 1. The third kappa shape index (κ3) is 4.63. The number of nitrogens with zero attached hydrogens (tertiary/aromatic N) is 5. The van der Waals surface area contributed by atoms with E-state index in [1.165, 1.54) is 11.4 Å². The van der Waals surface area contributed by atoms with E-state index < -0.39 is 10.0 Å². The lowest BCUT2D eigenvalue weighted by Gasteiger charge is -2.27. The lowest BCUT2D eigenvalue weighted by molar-refractivity contribution is -0.137. The minimum absolute atomic E-state index is 0.109. The van der Waals surface area contributed by atoms with E-state index in [0.29, 0.717) is 36.5 Å². The van der Waals surface area contributed by atoms with E-state index in [4.69, 9.17) is 9.47 Å². The topological polar surface area (TPSA) is 107 Å². The lowest BCUT2D eigenvalue weighted by atomic mass is 10.1. The molecule has 0 saturated heterocycles. The molecule has 1 aromatic carbocycles. The molecule has 0 saturated carbocycles. The van der Waals surface area contributed by atoms with Crippen molar-refractivity contribution in [1.82, 2.24) is 24.0 Å². The molecule has 2 heterocycles. The van der Waals surface area contributed by atoms with Crippen molar-refractivity contribution in [2.75, 3.05) is 40.5 Å². The van der Waals surface area contributed by atoms with Crippen LogP contribution in [0.4, 0.5) is 0 Å². The Labute approximate surface area is 176 Å². The average molecular weight is 438 g/mol. The number of likely N-dealkylation sites (N-methyl/N-ethyl adjacent to an activating group) is 1. The fourth-order valence-electron chi connectivity index (χ4n) is 3.43. The van der Waals surface area contributed by atoms with Crippen molar-refractivity contribution in [1.29, 1.82) is 0 Å². The summed E-state index contributed by atoms with van der Waals surface area (Å²) in [5, 5.41) is 7.82. The largest absolute Gasteiger partial charge is 0.497 e. The van der Waals surface area contributed by atoms with Crippen LogP contribution in [0.2, 0.25) is 0 Å². The Hall–Kier alpha value is -2.50. The molecule has 1 aliphatic rings. The highest BCUT2D eigenvalue weighted by molar-refractivity contribution is 7.89. The summed E-state index contributed by atoms with van der Waals surface area (Å²) in [6.45, 7) is 5.23. The zero-order valence-electron chi connectivity index (χ0n) is 17.7. The summed E-state index contributed by atoms with van der Waals surface area (Å²) in [6, 6.07) is 3.39. The standard InChI is InChI=1S/C19H27N5O5S/c1-14-9-16(28-4)10-15(2)19(14)30(26,27)22(3)7-8-29-12-18(25)23-5-6-24-13-20-21-17(24)11-23/h9-10,13H,5-8,11-12H2,1-4H3. The summed E-state index contributed by atoms with van der Waals surface area (Å²) in [5.41, 5.74) is 1.24. The minimum Gasteiger partial charge on any atom is -0.497 e. The zero-order chi connectivity index (χ0) is 21.9. The van der Waals surface area contributed by atoms with Crippen molar-refractivity contribution in [2.24, 2.45) is 0 Å². The van der Waals surface area contributed by atoms with E-state index in [-0.39, 0.29) is 30.6 Å². The number of rotatable bonds is 8. The third-order valence-corrected chi connectivity index (χ3v) is 7.27. The second kappa shape index (κ2) is 9.11. The maximum Gasteiger partial charge on any atom is 0.249 e. The molecule has 1 amide bonds. The Morgan fingerprint density at radius 3 is 2.60 bits per heavy atom. The van der Waals surface area contributed by atoms with Crippen molar-refractivity contribution in [3.05, 3.63) is 35.4 Å². The van der Waals surface area contributed by atoms with Crippen LogP contribution in [0.15, 0.2) is 23.4 Å². The van der Waals surface area contributed by atoms with Gasteiger partial charge in [0.1, 0.15) is 18.7 Å². The summed E-state index contributed by atoms with van der Waals surface area (Å²) < 4.78 is 39.8. The molecule has 0 aliphatic carbocycles. The van der Waals surface area contributed by atoms with Gasteiger partial charge < -0.3 is 18.9 Å². The number of fused-ring (bicyclic) bond motifs is 1. The molecule has 3 rings (SSSR count). The summed E-state index contributed by atoms with van der Waals surface area (Å²) in [5.74, 6) is 1.20. The molecule has 0 atom stereocenters. The van der Waals surface area contributed by atoms with Crippen LogP contribution in [0.5, 0.6) is 5.75 Å². The number of carbonyl (C=O) groups excluding carboxylic acids is 1.